The highest BCUT2D eigenvalue weighted by Gasteiger charge is 2.40. The van der Waals surface area contributed by atoms with Crippen molar-refractivity contribution in [3.8, 4) is 5.75 Å². The van der Waals surface area contributed by atoms with Gasteiger partial charge in [-0.1, -0.05) is 6.07 Å². The molecule has 1 heterocycles. The van der Waals surface area contributed by atoms with Gasteiger partial charge in [0.1, 0.15) is 5.75 Å². The van der Waals surface area contributed by atoms with E-state index in [9.17, 15) is 5.11 Å². The fourth-order valence-corrected chi connectivity index (χ4v) is 1.94. The van der Waals surface area contributed by atoms with Gasteiger partial charge in [0.05, 0.1) is 12.2 Å². The van der Waals surface area contributed by atoms with Crippen LogP contribution >= 0.6 is 0 Å². The van der Waals surface area contributed by atoms with E-state index in [1.165, 1.54) is 0 Å². The summed E-state index contributed by atoms with van der Waals surface area (Å²) in [4.78, 5) is 0. The van der Waals surface area contributed by atoms with Crippen molar-refractivity contribution in [2.75, 3.05) is 6.61 Å². The molecule has 2 nitrogen and oxygen atoms in total. The maximum atomic E-state index is 10.1. The molecule has 0 radical (unpaired) electrons. The lowest BCUT2D eigenvalue weighted by atomic mass is 9.93. The zero-order valence-corrected chi connectivity index (χ0v) is 9.85. The maximum absolute atomic E-state index is 10.1. The number of ether oxygens (including phenoxy) is 1. The van der Waals surface area contributed by atoms with Gasteiger partial charge in [-0.05, 0) is 44.4 Å². The van der Waals surface area contributed by atoms with E-state index >= 15 is 0 Å². The normalized spacial score (nSPS) is 24.3. The molecular formula is C13H18O2. The van der Waals surface area contributed by atoms with Gasteiger partial charge >= 0.3 is 0 Å². The quantitative estimate of drug-likeness (QED) is 0.754. The molecule has 1 aliphatic heterocycles. The summed E-state index contributed by atoms with van der Waals surface area (Å²) in [5, 5.41) is 10.1. The number of aromatic hydroxyl groups is 1. The van der Waals surface area contributed by atoms with Crippen LogP contribution in [0, 0.1) is 20.8 Å². The first kappa shape index (κ1) is 10.5. The Bertz CT molecular complexity index is 403. The van der Waals surface area contributed by atoms with E-state index in [0.717, 1.165) is 35.3 Å². The molecule has 0 aromatic heterocycles. The number of epoxide rings is 1. The summed E-state index contributed by atoms with van der Waals surface area (Å²) in [5.41, 5.74) is 4.30. The van der Waals surface area contributed by atoms with Gasteiger partial charge in [0.2, 0.25) is 0 Å². The molecule has 1 saturated heterocycles. The van der Waals surface area contributed by atoms with E-state index in [2.05, 4.69) is 13.0 Å². The Hall–Kier alpha value is -1.02. The third-order valence-electron chi connectivity index (χ3n) is 3.33. The third-order valence-corrected chi connectivity index (χ3v) is 3.33. The summed E-state index contributed by atoms with van der Waals surface area (Å²) in [6.07, 6.45) is 0.811. The van der Waals surface area contributed by atoms with Gasteiger partial charge in [-0.25, -0.2) is 0 Å². The Balaban J connectivity index is 2.41. The van der Waals surface area contributed by atoms with E-state index in [1.54, 1.807) is 0 Å². The zero-order valence-electron chi connectivity index (χ0n) is 9.85. The summed E-state index contributed by atoms with van der Waals surface area (Å²) in [6.45, 7) is 8.93. The van der Waals surface area contributed by atoms with Crippen LogP contribution in [0.25, 0.3) is 0 Å². The molecule has 82 valence electrons. The van der Waals surface area contributed by atoms with Crippen LogP contribution in [0.2, 0.25) is 0 Å². The van der Waals surface area contributed by atoms with Crippen LogP contribution < -0.4 is 0 Å². The number of hydrogen-bond donors (Lipinski definition) is 1. The van der Waals surface area contributed by atoms with Gasteiger partial charge in [-0.2, -0.15) is 0 Å². The fraction of sp³-hybridized carbons (Fsp3) is 0.538. The maximum Gasteiger partial charge on any atom is 0.122 e. The minimum absolute atomic E-state index is 0.0378. The molecule has 1 N–H and O–H groups in total. The molecule has 0 bridgehead atoms. The van der Waals surface area contributed by atoms with Gasteiger partial charge in [0.25, 0.3) is 0 Å². The molecule has 0 saturated carbocycles. The first-order valence-corrected chi connectivity index (χ1v) is 5.35. The summed E-state index contributed by atoms with van der Waals surface area (Å²) in [7, 11) is 0. The van der Waals surface area contributed by atoms with Gasteiger partial charge < -0.3 is 9.84 Å². The molecule has 1 aromatic rings. The molecule has 1 atom stereocenters. The lowest BCUT2D eigenvalue weighted by molar-refractivity contribution is 0.318. The van der Waals surface area contributed by atoms with Crippen LogP contribution in [0.15, 0.2) is 6.07 Å². The minimum Gasteiger partial charge on any atom is -0.507 e. The Morgan fingerprint density at radius 3 is 2.47 bits per heavy atom. The SMILES string of the molecule is Cc1cc(C)c(CC2(C)CO2)c(O)c1C. The first-order valence-electron chi connectivity index (χ1n) is 5.35. The standard InChI is InChI=1S/C13H18O2/c1-8-5-9(2)11(12(14)10(8)3)6-13(4)7-15-13/h5,14H,6-7H2,1-4H3. The molecule has 0 aliphatic carbocycles. The monoisotopic (exact) mass is 206 g/mol. The Kier molecular flexibility index (Phi) is 2.27. The highest BCUT2D eigenvalue weighted by atomic mass is 16.6. The molecular weight excluding hydrogens is 188 g/mol. The topological polar surface area (TPSA) is 32.8 Å². The van der Waals surface area contributed by atoms with Crippen molar-refractivity contribution < 1.29 is 9.84 Å². The molecule has 1 aliphatic rings. The Morgan fingerprint density at radius 1 is 1.33 bits per heavy atom. The Labute approximate surface area is 90.9 Å². The number of aryl methyl sites for hydroxylation is 2. The van der Waals surface area contributed by atoms with Crippen molar-refractivity contribution in [3.05, 3.63) is 28.3 Å². The lowest BCUT2D eigenvalue weighted by Gasteiger charge is -2.15. The summed E-state index contributed by atoms with van der Waals surface area (Å²) < 4.78 is 5.37. The average molecular weight is 206 g/mol. The van der Waals surface area contributed by atoms with Gasteiger partial charge in [-0.15, -0.1) is 0 Å². The largest absolute Gasteiger partial charge is 0.507 e. The first-order chi connectivity index (χ1) is 6.93. The van der Waals surface area contributed by atoms with Crippen LogP contribution in [-0.4, -0.2) is 17.3 Å². The highest BCUT2D eigenvalue weighted by Crippen LogP contribution is 2.36. The van der Waals surface area contributed by atoms with E-state index in [4.69, 9.17) is 4.74 Å². The molecule has 15 heavy (non-hydrogen) atoms. The predicted molar refractivity (Wildman–Crippen MR) is 60.4 cm³/mol. The number of phenolic OH excluding ortho intramolecular Hbond substituents is 1. The third kappa shape index (κ3) is 1.86. The van der Waals surface area contributed by atoms with E-state index in [0.29, 0.717) is 5.75 Å². The number of benzene rings is 1. The predicted octanol–water partition coefficient (Wildman–Crippen LogP) is 2.65. The second-order valence-corrected chi connectivity index (χ2v) is 4.88. The van der Waals surface area contributed by atoms with Crippen LogP contribution in [-0.2, 0) is 11.2 Å². The minimum atomic E-state index is -0.0378. The average Bonchev–Trinajstić information content (AvgIpc) is 2.89. The van der Waals surface area contributed by atoms with Crippen LogP contribution in [0.4, 0.5) is 0 Å². The molecule has 1 aromatic carbocycles. The van der Waals surface area contributed by atoms with Gasteiger partial charge in [-0.3, -0.25) is 0 Å². The summed E-state index contributed by atoms with van der Waals surface area (Å²) in [5.74, 6) is 0.448. The molecule has 1 fully saturated rings. The van der Waals surface area contributed by atoms with E-state index in [1.807, 2.05) is 20.8 Å². The zero-order chi connectivity index (χ0) is 11.2. The van der Waals surface area contributed by atoms with Crippen molar-refractivity contribution in [2.45, 2.75) is 39.7 Å². The molecule has 2 rings (SSSR count). The number of rotatable bonds is 2. The Morgan fingerprint density at radius 2 is 1.93 bits per heavy atom. The van der Waals surface area contributed by atoms with Gasteiger partial charge in [0.15, 0.2) is 0 Å². The van der Waals surface area contributed by atoms with Crippen molar-refractivity contribution in [1.82, 2.24) is 0 Å². The lowest BCUT2D eigenvalue weighted by Crippen LogP contribution is -2.10. The highest BCUT2D eigenvalue weighted by molar-refractivity contribution is 5.49. The van der Waals surface area contributed by atoms with Gasteiger partial charge in [0, 0.05) is 12.0 Å². The van der Waals surface area contributed by atoms with Crippen molar-refractivity contribution in [1.29, 1.82) is 0 Å². The van der Waals surface area contributed by atoms with Crippen LogP contribution in [0.1, 0.15) is 29.2 Å². The van der Waals surface area contributed by atoms with E-state index in [-0.39, 0.29) is 5.60 Å². The smallest absolute Gasteiger partial charge is 0.122 e. The summed E-state index contributed by atoms with van der Waals surface area (Å²) in [6, 6.07) is 2.14. The van der Waals surface area contributed by atoms with Crippen LogP contribution in [0.3, 0.4) is 0 Å². The van der Waals surface area contributed by atoms with Crippen molar-refractivity contribution in [3.63, 3.8) is 0 Å². The van der Waals surface area contributed by atoms with Crippen molar-refractivity contribution in [2.24, 2.45) is 0 Å². The van der Waals surface area contributed by atoms with Crippen LogP contribution in [0.5, 0.6) is 5.75 Å². The number of hydrogen-bond acceptors (Lipinski definition) is 2. The molecule has 0 spiro atoms. The van der Waals surface area contributed by atoms with E-state index < -0.39 is 0 Å². The fourth-order valence-electron chi connectivity index (χ4n) is 1.94. The molecule has 0 amide bonds. The second kappa shape index (κ2) is 3.24. The van der Waals surface area contributed by atoms with Crippen molar-refractivity contribution >= 4 is 0 Å². The molecule has 2 heteroatoms. The summed E-state index contributed by atoms with van der Waals surface area (Å²) >= 11 is 0. The number of phenols is 1. The molecule has 1 unspecified atom stereocenters. The second-order valence-electron chi connectivity index (χ2n) is 4.88.